The van der Waals surface area contributed by atoms with Gasteiger partial charge in [0.25, 0.3) is 0 Å². The first-order valence-corrected chi connectivity index (χ1v) is 16.9. The zero-order valence-corrected chi connectivity index (χ0v) is 27.8. The molecule has 236 valence electrons. The van der Waals surface area contributed by atoms with E-state index < -0.39 is 5.41 Å². The molecule has 0 spiro atoms. The maximum Gasteiger partial charge on any atom is 0.0701 e. The van der Waals surface area contributed by atoms with E-state index in [1.54, 1.807) is 0 Å². The minimum absolute atomic E-state index is 0.487. The fourth-order valence-corrected chi connectivity index (χ4v) is 6.66. The highest BCUT2D eigenvalue weighted by Crippen LogP contribution is 2.45. The molecule has 0 atom stereocenters. The fraction of sp³-hybridized carbons (Fsp3) is 0.0625. The van der Waals surface area contributed by atoms with Crippen LogP contribution in [0.2, 0.25) is 0 Å². The topological polar surface area (TPSA) is 12.4 Å². The lowest BCUT2D eigenvalue weighted by molar-refractivity contribution is 0.745. The highest BCUT2D eigenvalue weighted by Gasteiger charge is 2.38. The molecule has 0 unspecified atom stereocenters. The molecule has 1 nitrogen and oxygen atoms in total. The van der Waals surface area contributed by atoms with Crippen LogP contribution < -0.4 is 0 Å². The number of nitrogens with zero attached hydrogens (tertiary/aromatic N) is 1. The summed E-state index contributed by atoms with van der Waals surface area (Å²) in [7, 11) is 0. The van der Waals surface area contributed by atoms with E-state index in [2.05, 4.69) is 207 Å². The van der Waals surface area contributed by atoms with Crippen molar-refractivity contribution in [2.24, 2.45) is 4.99 Å². The Morgan fingerprint density at radius 3 is 1.39 bits per heavy atom. The van der Waals surface area contributed by atoms with E-state index in [0.29, 0.717) is 6.54 Å². The van der Waals surface area contributed by atoms with Crippen LogP contribution >= 0.6 is 0 Å². The summed E-state index contributed by atoms with van der Waals surface area (Å²) < 4.78 is 0. The summed E-state index contributed by atoms with van der Waals surface area (Å²) in [5.41, 5.74) is 12.5. The molecular weight excluding hydrogens is 591 g/mol. The summed E-state index contributed by atoms with van der Waals surface area (Å²) in [5, 5.41) is 0. The second kappa shape index (κ2) is 14.8. The molecule has 0 heterocycles. The predicted molar refractivity (Wildman–Crippen MR) is 207 cm³/mol. The molecule has 0 aliphatic rings. The molecule has 7 rings (SSSR count). The van der Waals surface area contributed by atoms with Crippen LogP contribution in [0.3, 0.4) is 0 Å². The van der Waals surface area contributed by atoms with Gasteiger partial charge >= 0.3 is 0 Å². The van der Waals surface area contributed by atoms with E-state index in [1.807, 2.05) is 6.07 Å². The number of hydrogen-bond donors (Lipinski definition) is 0. The highest BCUT2D eigenvalue weighted by molar-refractivity contribution is 6.10. The van der Waals surface area contributed by atoms with E-state index in [-0.39, 0.29) is 0 Å². The van der Waals surface area contributed by atoms with E-state index in [1.165, 1.54) is 44.5 Å². The maximum atomic E-state index is 5.19. The monoisotopic (exact) mass is 629 g/mol. The van der Waals surface area contributed by atoms with Crippen LogP contribution in [0.5, 0.6) is 0 Å². The molecule has 0 aromatic heterocycles. The number of benzene rings is 7. The number of allylic oxidation sites excluding steroid dienone is 1. The van der Waals surface area contributed by atoms with Gasteiger partial charge in [-0.2, -0.15) is 0 Å². The lowest BCUT2D eigenvalue weighted by atomic mass is 9.65. The van der Waals surface area contributed by atoms with E-state index >= 15 is 0 Å². The smallest absolute Gasteiger partial charge is 0.0701 e. The van der Waals surface area contributed by atoms with Gasteiger partial charge in [-0.3, -0.25) is 4.99 Å². The molecule has 0 radical (unpaired) electrons. The molecule has 0 aliphatic heterocycles. The second-order valence-electron chi connectivity index (χ2n) is 12.4. The van der Waals surface area contributed by atoms with Gasteiger partial charge < -0.3 is 0 Å². The van der Waals surface area contributed by atoms with Crippen LogP contribution in [-0.4, -0.2) is 5.71 Å². The third kappa shape index (κ3) is 6.98. The summed E-state index contributed by atoms with van der Waals surface area (Å²) in [5.74, 6) is 0. The van der Waals surface area contributed by atoms with Gasteiger partial charge in [0.2, 0.25) is 0 Å². The van der Waals surface area contributed by atoms with Crippen LogP contribution in [0.1, 0.15) is 44.5 Å². The quantitative estimate of drug-likeness (QED) is 0.105. The molecule has 0 fully saturated rings. The lowest BCUT2D eigenvalue weighted by Crippen LogP contribution is -2.31. The largest absolute Gasteiger partial charge is 0.280 e. The van der Waals surface area contributed by atoms with Gasteiger partial charge in [0.05, 0.1) is 17.7 Å². The van der Waals surface area contributed by atoms with Crippen molar-refractivity contribution < 1.29 is 0 Å². The van der Waals surface area contributed by atoms with Crippen molar-refractivity contribution >= 4 is 11.8 Å². The van der Waals surface area contributed by atoms with Gasteiger partial charge in [0.15, 0.2) is 0 Å². The molecule has 0 saturated heterocycles. The van der Waals surface area contributed by atoms with Crippen molar-refractivity contribution in [1.29, 1.82) is 0 Å². The number of aliphatic imine (C=N–C) groups is 1. The number of rotatable bonds is 10. The zero-order valence-electron chi connectivity index (χ0n) is 27.8. The summed E-state index contributed by atoms with van der Waals surface area (Å²) in [6.45, 7) is 2.71. The first kappa shape index (κ1) is 31.5. The third-order valence-electron chi connectivity index (χ3n) is 9.24. The Hall–Kier alpha value is -6.05. The first-order chi connectivity index (χ1) is 24.2. The minimum Gasteiger partial charge on any atom is -0.280 e. The minimum atomic E-state index is -0.487. The second-order valence-corrected chi connectivity index (χ2v) is 12.4. The van der Waals surface area contributed by atoms with Crippen molar-refractivity contribution in [1.82, 2.24) is 0 Å². The molecule has 0 aliphatic carbocycles. The fourth-order valence-electron chi connectivity index (χ4n) is 6.66. The molecule has 49 heavy (non-hydrogen) atoms. The molecule has 0 saturated carbocycles. The molecule has 0 amide bonds. The van der Waals surface area contributed by atoms with Crippen LogP contribution in [0.4, 0.5) is 0 Å². The molecule has 0 N–H and O–H groups in total. The predicted octanol–water partition coefficient (Wildman–Crippen LogP) is 11.7. The van der Waals surface area contributed by atoms with Crippen molar-refractivity contribution in [2.45, 2.75) is 18.9 Å². The van der Waals surface area contributed by atoms with Gasteiger partial charge in [0, 0.05) is 0 Å². The maximum absolute atomic E-state index is 5.19. The van der Waals surface area contributed by atoms with Crippen LogP contribution in [0.25, 0.3) is 17.2 Å². The summed E-state index contributed by atoms with van der Waals surface area (Å²) in [4.78, 5) is 5.19. The van der Waals surface area contributed by atoms with Crippen molar-refractivity contribution in [3.63, 3.8) is 0 Å². The average Bonchev–Trinajstić information content (AvgIpc) is 3.18. The number of hydrogen-bond acceptors (Lipinski definition) is 1. The number of aryl methyl sites for hydroxylation is 1. The van der Waals surface area contributed by atoms with Gasteiger partial charge in [-0.15, -0.1) is 0 Å². The van der Waals surface area contributed by atoms with Gasteiger partial charge in [-0.25, -0.2) is 0 Å². The Bertz CT molecular complexity index is 2030. The summed E-state index contributed by atoms with van der Waals surface area (Å²) >= 11 is 0. The van der Waals surface area contributed by atoms with Crippen molar-refractivity contribution in [3.05, 3.63) is 245 Å². The standard InChI is InChI=1S/C48H39N/c1-37-22-27-40(28-23-37)41-29-24-39(25-30-41)36-49-47(35-26-38-14-6-2-7-15-38)42-31-33-46(34-32-42)48(43-16-8-3-9-17-43,44-18-10-4-11-19-44)45-20-12-5-13-21-45/h2-35H,36H2,1H3/b35-26+,49-47?. The van der Waals surface area contributed by atoms with Gasteiger partial charge in [-0.05, 0) is 63.1 Å². The van der Waals surface area contributed by atoms with Gasteiger partial charge in [0.1, 0.15) is 0 Å². The molecule has 0 bridgehead atoms. The van der Waals surface area contributed by atoms with Crippen molar-refractivity contribution in [3.8, 4) is 11.1 Å². The van der Waals surface area contributed by atoms with Gasteiger partial charge in [-0.1, -0.05) is 206 Å². The molecular formula is C48H39N. The highest BCUT2D eigenvalue weighted by atomic mass is 14.7. The Morgan fingerprint density at radius 2 is 0.898 bits per heavy atom. The Balaban J connectivity index is 1.28. The molecule has 1 heteroatoms. The summed E-state index contributed by atoms with van der Waals surface area (Å²) in [6, 6.07) is 69.4. The van der Waals surface area contributed by atoms with Crippen LogP contribution in [0.15, 0.2) is 205 Å². The first-order valence-electron chi connectivity index (χ1n) is 16.9. The van der Waals surface area contributed by atoms with E-state index in [4.69, 9.17) is 4.99 Å². The lowest BCUT2D eigenvalue weighted by Gasteiger charge is -2.37. The molecule has 7 aromatic rings. The Morgan fingerprint density at radius 1 is 0.469 bits per heavy atom. The Kier molecular flexibility index (Phi) is 9.53. The SMILES string of the molecule is Cc1ccc(-c2ccc(CN=C(/C=C/c3ccccc3)c3ccc(C(c4ccccc4)(c4ccccc4)c4ccccc4)cc3)cc2)cc1. The summed E-state index contributed by atoms with van der Waals surface area (Å²) in [6.07, 6.45) is 4.29. The Labute approximate surface area is 290 Å². The zero-order chi connectivity index (χ0) is 33.3. The van der Waals surface area contributed by atoms with E-state index in [0.717, 1.165) is 16.8 Å². The van der Waals surface area contributed by atoms with Crippen molar-refractivity contribution in [2.75, 3.05) is 0 Å². The average molecular weight is 630 g/mol. The molecule has 7 aromatic carbocycles. The van der Waals surface area contributed by atoms with Crippen LogP contribution in [0, 0.1) is 6.92 Å². The van der Waals surface area contributed by atoms with Crippen LogP contribution in [-0.2, 0) is 12.0 Å². The third-order valence-corrected chi connectivity index (χ3v) is 9.24. The van der Waals surface area contributed by atoms with E-state index in [9.17, 15) is 0 Å². The normalized spacial score (nSPS) is 11.9.